The Balaban J connectivity index is 1.84. The van der Waals surface area contributed by atoms with Gasteiger partial charge in [0.1, 0.15) is 5.60 Å². The number of halogens is 3. The molecule has 0 saturated carbocycles. The van der Waals surface area contributed by atoms with E-state index in [1.165, 1.54) is 11.0 Å². The lowest BCUT2D eigenvalue weighted by molar-refractivity contribution is -0.137. The number of amides is 2. The number of alkyl halides is 3. The van der Waals surface area contributed by atoms with Crippen molar-refractivity contribution in [3.8, 4) is 0 Å². The quantitative estimate of drug-likeness (QED) is 0.667. The summed E-state index contributed by atoms with van der Waals surface area (Å²) in [5.41, 5.74) is 0.0756. The van der Waals surface area contributed by atoms with Crippen LogP contribution < -0.4 is 10.8 Å². The van der Waals surface area contributed by atoms with Gasteiger partial charge in [-0.2, -0.15) is 13.2 Å². The molecule has 0 atom stereocenters. The lowest BCUT2D eigenvalue weighted by atomic mass is 9.75. The predicted octanol–water partition coefficient (Wildman–Crippen LogP) is 4.47. The van der Waals surface area contributed by atoms with Crippen molar-refractivity contribution in [3.05, 3.63) is 77.6 Å². The first kappa shape index (κ1) is 23.7. The average molecular weight is 446 g/mol. The van der Waals surface area contributed by atoms with Gasteiger partial charge in [0.25, 0.3) is 0 Å². The Morgan fingerprint density at radius 2 is 1.88 bits per heavy atom. The molecule has 0 unspecified atom stereocenters. The second kappa shape index (κ2) is 9.28. The van der Waals surface area contributed by atoms with Crippen LogP contribution in [0.25, 0.3) is 0 Å². The fraction of sp³-hybridized carbons (Fsp3) is 0.348. The molecule has 1 aliphatic heterocycles. The first-order chi connectivity index (χ1) is 15.0. The van der Waals surface area contributed by atoms with Gasteiger partial charge in [-0.25, -0.2) is 4.79 Å². The lowest BCUT2D eigenvalue weighted by Gasteiger charge is -2.24. The topological polar surface area (TPSA) is 50.8 Å². The zero-order valence-corrected chi connectivity index (χ0v) is 18.3. The Labute approximate surface area is 186 Å². The number of hydrogen-bond donors (Lipinski definition) is 1. The van der Waals surface area contributed by atoms with E-state index in [2.05, 4.69) is 11.9 Å². The first-order valence-corrected chi connectivity index (χ1v) is 10.3. The van der Waals surface area contributed by atoms with Gasteiger partial charge in [0.2, 0.25) is 0 Å². The summed E-state index contributed by atoms with van der Waals surface area (Å²) in [6.07, 6.45) is -4.51. The largest absolute Gasteiger partial charge is 0.563 e. The molecule has 32 heavy (non-hydrogen) atoms. The van der Waals surface area contributed by atoms with E-state index in [9.17, 15) is 18.0 Å². The number of rotatable bonds is 6. The minimum atomic E-state index is -4.51. The molecular formula is C23H26BF3N2O3. The van der Waals surface area contributed by atoms with Gasteiger partial charge in [-0.3, -0.25) is 0 Å². The average Bonchev–Trinajstić information content (AvgIpc) is 3.02. The summed E-state index contributed by atoms with van der Waals surface area (Å²) in [7, 11) is -0.902. The third-order valence-corrected chi connectivity index (χ3v) is 5.36. The lowest BCUT2D eigenvalue weighted by Crippen LogP contribution is -2.43. The molecule has 1 fully saturated rings. The van der Waals surface area contributed by atoms with Crippen LogP contribution in [0.3, 0.4) is 0 Å². The molecule has 2 aromatic carbocycles. The van der Waals surface area contributed by atoms with Gasteiger partial charge in [-0.15, -0.1) is 0 Å². The smallest absolute Gasteiger partial charge is 0.534 e. The summed E-state index contributed by atoms with van der Waals surface area (Å²) in [5, 5.41) is 2.81. The number of carbonyl (C=O) groups is 1. The van der Waals surface area contributed by atoms with Crippen molar-refractivity contribution in [2.24, 2.45) is 0 Å². The number of benzene rings is 2. The van der Waals surface area contributed by atoms with E-state index < -0.39 is 24.5 Å². The zero-order chi connectivity index (χ0) is 23.5. The molecule has 1 aliphatic rings. The molecule has 0 aromatic heterocycles. The van der Waals surface area contributed by atoms with Crippen molar-refractivity contribution in [2.45, 2.75) is 45.6 Å². The summed E-state index contributed by atoms with van der Waals surface area (Å²) in [6, 6.07) is 12.4. The number of urea groups is 1. The highest BCUT2D eigenvalue weighted by Crippen LogP contribution is 2.32. The molecule has 0 radical (unpaired) electrons. The first-order valence-electron chi connectivity index (χ1n) is 10.3. The molecule has 0 bridgehead atoms. The Morgan fingerprint density at radius 1 is 1.19 bits per heavy atom. The minimum Gasteiger partial charge on any atom is -0.534 e. The summed E-state index contributed by atoms with van der Waals surface area (Å²) in [5.74, 6) is 0.390. The van der Waals surface area contributed by atoms with Gasteiger partial charge in [-0.1, -0.05) is 49.0 Å². The number of nitrogens with one attached hydrogen (secondary N) is 1. The van der Waals surface area contributed by atoms with Crippen LogP contribution in [0.1, 0.15) is 37.5 Å². The van der Waals surface area contributed by atoms with Crippen LogP contribution in [0.15, 0.2) is 60.9 Å². The van der Waals surface area contributed by atoms with Gasteiger partial charge in [-0.05, 0) is 38.0 Å². The molecule has 1 heterocycles. The molecule has 5 nitrogen and oxygen atoms in total. The van der Waals surface area contributed by atoms with Crippen LogP contribution in [-0.4, -0.2) is 30.2 Å². The maximum Gasteiger partial charge on any atom is 0.563 e. The number of carbonyl (C=O) groups excluding carboxylic acids is 1. The van der Waals surface area contributed by atoms with E-state index in [1.54, 1.807) is 20.8 Å². The molecular weight excluding hydrogens is 420 g/mol. The molecule has 1 saturated heterocycles. The summed E-state index contributed by atoms with van der Waals surface area (Å²) < 4.78 is 51.7. The standard InChI is InChI=1S/C23H26BF3N2O3/c1-5-29(21(30)28-14-17-9-7-6-8-10-17)15-18-13-19(23(25,26)27)11-12-20(18)24-31-16(2)22(3,4)32-24/h6-13H,2,5,14-15H2,1,3-4H3,(H,28,30). The van der Waals surface area contributed by atoms with Gasteiger partial charge in [0, 0.05) is 25.1 Å². The van der Waals surface area contributed by atoms with Crippen LogP contribution in [0.4, 0.5) is 18.0 Å². The summed E-state index contributed by atoms with van der Waals surface area (Å²) >= 11 is 0. The Bertz CT molecular complexity index is 980. The molecule has 170 valence electrons. The van der Waals surface area contributed by atoms with Crippen molar-refractivity contribution in [1.29, 1.82) is 0 Å². The van der Waals surface area contributed by atoms with Gasteiger partial charge in [0.05, 0.1) is 11.3 Å². The van der Waals surface area contributed by atoms with Gasteiger partial charge >= 0.3 is 19.3 Å². The van der Waals surface area contributed by atoms with Crippen molar-refractivity contribution in [1.82, 2.24) is 10.2 Å². The molecule has 3 rings (SSSR count). The normalized spacial score (nSPS) is 15.4. The highest BCUT2D eigenvalue weighted by molar-refractivity contribution is 6.62. The van der Waals surface area contributed by atoms with E-state index in [0.717, 1.165) is 17.7 Å². The highest BCUT2D eigenvalue weighted by atomic mass is 19.4. The molecule has 9 heteroatoms. The third kappa shape index (κ3) is 5.45. The van der Waals surface area contributed by atoms with E-state index >= 15 is 0 Å². The number of hydrogen-bond acceptors (Lipinski definition) is 3. The van der Waals surface area contributed by atoms with Gasteiger partial charge < -0.3 is 19.5 Å². The third-order valence-electron chi connectivity index (χ3n) is 5.36. The molecule has 0 aliphatic carbocycles. The zero-order valence-electron chi connectivity index (χ0n) is 18.3. The molecule has 1 N–H and O–H groups in total. The minimum absolute atomic E-state index is 0.0352. The Morgan fingerprint density at radius 3 is 2.44 bits per heavy atom. The van der Waals surface area contributed by atoms with E-state index in [0.29, 0.717) is 29.9 Å². The van der Waals surface area contributed by atoms with Crippen molar-refractivity contribution in [2.75, 3.05) is 6.54 Å². The van der Waals surface area contributed by atoms with Crippen molar-refractivity contribution < 1.29 is 27.3 Å². The maximum atomic E-state index is 13.4. The second-order valence-electron chi connectivity index (χ2n) is 8.07. The van der Waals surface area contributed by atoms with Gasteiger partial charge in [0.15, 0.2) is 0 Å². The molecule has 2 amide bonds. The molecule has 2 aromatic rings. The molecule has 0 spiro atoms. The Kier molecular flexibility index (Phi) is 6.88. The van der Waals surface area contributed by atoms with Crippen LogP contribution in [-0.2, 0) is 28.6 Å². The summed E-state index contributed by atoms with van der Waals surface area (Å²) in [6.45, 7) is 9.72. The van der Waals surface area contributed by atoms with Crippen LogP contribution in [0.2, 0.25) is 0 Å². The van der Waals surface area contributed by atoms with Crippen LogP contribution in [0, 0.1) is 0 Å². The van der Waals surface area contributed by atoms with E-state index in [1.807, 2.05) is 30.3 Å². The van der Waals surface area contributed by atoms with Crippen LogP contribution >= 0.6 is 0 Å². The fourth-order valence-corrected chi connectivity index (χ4v) is 3.32. The van der Waals surface area contributed by atoms with Crippen molar-refractivity contribution >= 4 is 18.6 Å². The van der Waals surface area contributed by atoms with E-state index in [-0.39, 0.29) is 12.6 Å². The predicted molar refractivity (Wildman–Crippen MR) is 117 cm³/mol. The van der Waals surface area contributed by atoms with Crippen LogP contribution in [0.5, 0.6) is 0 Å². The Hall–Kier alpha value is -2.94. The second-order valence-corrected chi connectivity index (χ2v) is 8.07. The fourth-order valence-electron chi connectivity index (χ4n) is 3.32. The van der Waals surface area contributed by atoms with Crippen molar-refractivity contribution in [3.63, 3.8) is 0 Å². The number of nitrogens with zero attached hydrogens (tertiary/aromatic N) is 1. The SMILES string of the molecule is C=C1OB(c2ccc(C(F)(F)F)cc2CN(CC)C(=O)NCc2ccccc2)OC1(C)C. The highest BCUT2D eigenvalue weighted by Gasteiger charge is 2.44. The maximum absolute atomic E-state index is 13.4. The monoisotopic (exact) mass is 446 g/mol. The van der Waals surface area contributed by atoms with E-state index in [4.69, 9.17) is 9.31 Å². The summed E-state index contributed by atoms with van der Waals surface area (Å²) in [4.78, 5) is 14.2.